The van der Waals surface area contributed by atoms with Crippen molar-refractivity contribution in [2.45, 2.75) is 31.4 Å². The molecule has 0 saturated carbocycles. The topological polar surface area (TPSA) is 38.3 Å². The molecule has 1 aromatic rings. The van der Waals surface area contributed by atoms with Crippen LogP contribution in [0.5, 0.6) is 0 Å². The summed E-state index contributed by atoms with van der Waals surface area (Å²) in [5.74, 6) is -4.75. The zero-order valence-corrected chi connectivity index (χ0v) is 10.0. The summed E-state index contributed by atoms with van der Waals surface area (Å²) in [7, 11) is 0. The van der Waals surface area contributed by atoms with Crippen molar-refractivity contribution in [2.24, 2.45) is 0 Å². The Morgan fingerprint density at radius 1 is 1.44 bits per heavy atom. The van der Waals surface area contributed by atoms with Gasteiger partial charge in [0.1, 0.15) is 6.10 Å². The first-order chi connectivity index (χ1) is 8.49. The van der Waals surface area contributed by atoms with Crippen molar-refractivity contribution >= 4 is 5.97 Å². The van der Waals surface area contributed by atoms with E-state index in [-0.39, 0.29) is 12.6 Å². The lowest BCUT2D eigenvalue weighted by atomic mass is 10.1. The Balaban J connectivity index is 1.85. The first kappa shape index (κ1) is 13.0. The molecule has 1 aliphatic rings. The Kier molecular flexibility index (Phi) is 3.61. The summed E-state index contributed by atoms with van der Waals surface area (Å²) >= 11 is 0. The molecule has 2 rings (SSSR count). The van der Waals surface area contributed by atoms with E-state index in [0.29, 0.717) is 0 Å². The van der Waals surface area contributed by atoms with Gasteiger partial charge in [-0.3, -0.25) is 0 Å². The minimum Gasteiger partial charge on any atom is -0.456 e. The fourth-order valence-electron chi connectivity index (χ4n) is 1.93. The summed E-state index contributed by atoms with van der Waals surface area (Å²) in [4.78, 5) is 10.8. The van der Waals surface area contributed by atoms with Crippen LogP contribution >= 0.6 is 0 Å². The van der Waals surface area contributed by atoms with Crippen LogP contribution < -0.4 is 5.32 Å². The highest BCUT2D eigenvalue weighted by Crippen LogP contribution is 2.30. The van der Waals surface area contributed by atoms with Gasteiger partial charge < -0.3 is 10.1 Å². The molecule has 1 aromatic carbocycles. The quantitative estimate of drug-likeness (QED) is 0.839. The van der Waals surface area contributed by atoms with Crippen LogP contribution in [0.1, 0.15) is 24.9 Å². The van der Waals surface area contributed by atoms with Gasteiger partial charge in [-0.15, -0.1) is 0 Å². The minimum atomic E-state index is -3.33. The molecule has 1 N–H and O–H groups in total. The average Bonchev–Trinajstić information content (AvgIpc) is 2.61. The molecule has 1 aliphatic heterocycles. The van der Waals surface area contributed by atoms with Gasteiger partial charge in [0.2, 0.25) is 0 Å². The zero-order chi connectivity index (χ0) is 13.2. The van der Waals surface area contributed by atoms with Crippen molar-refractivity contribution in [3.05, 3.63) is 35.9 Å². The van der Waals surface area contributed by atoms with Gasteiger partial charge in [0.25, 0.3) is 0 Å². The fraction of sp³-hybridized carbons (Fsp3) is 0.462. The number of halogens is 2. The van der Waals surface area contributed by atoms with Crippen LogP contribution in [0.4, 0.5) is 8.78 Å². The van der Waals surface area contributed by atoms with Crippen LogP contribution in [0, 0.1) is 0 Å². The van der Waals surface area contributed by atoms with Gasteiger partial charge in [-0.2, -0.15) is 8.78 Å². The minimum absolute atomic E-state index is 0.0270. The standard InChI is InChI=1S/C13H15F2NO2/c1-9(10-5-3-2-4-6-10)16-8-11-7-13(14,15)12(17)18-11/h2-6,9,11,16H,7-8H2,1H3/t9-,11?/m0/s1. The predicted octanol–water partition coefficient (Wildman–Crippen LogP) is 2.29. The van der Waals surface area contributed by atoms with Gasteiger partial charge in [-0.05, 0) is 12.5 Å². The third-order valence-corrected chi connectivity index (χ3v) is 3.01. The summed E-state index contributed by atoms with van der Waals surface area (Å²) in [5.41, 5.74) is 1.06. The van der Waals surface area contributed by atoms with Crippen LogP contribution in [-0.2, 0) is 9.53 Å². The van der Waals surface area contributed by atoms with E-state index in [9.17, 15) is 13.6 Å². The van der Waals surface area contributed by atoms with Gasteiger partial charge in [0.15, 0.2) is 0 Å². The number of cyclic esters (lactones) is 1. The molecule has 1 fully saturated rings. The molecule has 0 bridgehead atoms. The van der Waals surface area contributed by atoms with E-state index in [1.165, 1.54) is 0 Å². The smallest absolute Gasteiger partial charge is 0.377 e. The van der Waals surface area contributed by atoms with E-state index in [0.717, 1.165) is 5.56 Å². The van der Waals surface area contributed by atoms with Gasteiger partial charge in [0.05, 0.1) is 6.42 Å². The Labute approximate surface area is 104 Å². The molecule has 98 valence electrons. The molecule has 1 saturated heterocycles. The molecular weight excluding hydrogens is 240 g/mol. The van der Waals surface area contributed by atoms with Crippen LogP contribution in [0.25, 0.3) is 0 Å². The number of esters is 1. The summed E-state index contributed by atoms with van der Waals surface area (Å²) in [6.07, 6.45) is -1.29. The fourth-order valence-corrected chi connectivity index (χ4v) is 1.93. The summed E-state index contributed by atoms with van der Waals surface area (Å²) in [6, 6.07) is 9.67. The Hall–Kier alpha value is -1.49. The summed E-state index contributed by atoms with van der Waals surface area (Å²) in [6.45, 7) is 2.17. The second kappa shape index (κ2) is 5.02. The monoisotopic (exact) mass is 255 g/mol. The SMILES string of the molecule is C[C@H](NCC1CC(F)(F)C(=O)O1)c1ccccc1. The van der Waals surface area contributed by atoms with Crippen molar-refractivity contribution in [1.82, 2.24) is 5.32 Å². The van der Waals surface area contributed by atoms with E-state index >= 15 is 0 Å². The molecule has 5 heteroatoms. The van der Waals surface area contributed by atoms with E-state index in [1.807, 2.05) is 37.3 Å². The number of nitrogens with one attached hydrogen (secondary N) is 1. The van der Waals surface area contributed by atoms with Gasteiger partial charge in [-0.25, -0.2) is 4.79 Å². The highest BCUT2D eigenvalue weighted by atomic mass is 19.3. The van der Waals surface area contributed by atoms with Crippen molar-refractivity contribution < 1.29 is 18.3 Å². The van der Waals surface area contributed by atoms with E-state index in [2.05, 4.69) is 10.1 Å². The van der Waals surface area contributed by atoms with Crippen molar-refractivity contribution in [2.75, 3.05) is 6.54 Å². The number of hydrogen-bond donors (Lipinski definition) is 1. The third kappa shape index (κ3) is 2.85. The van der Waals surface area contributed by atoms with E-state index < -0.39 is 24.4 Å². The number of ether oxygens (including phenoxy) is 1. The second-order valence-electron chi connectivity index (χ2n) is 4.48. The molecule has 0 amide bonds. The molecule has 3 nitrogen and oxygen atoms in total. The Morgan fingerprint density at radius 2 is 2.11 bits per heavy atom. The molecule has 18 heavy (non-hydrogen) atoms. The highest BCUT2D eigenvalue weighted by molar-refractivity contribution is 5.79. The average molecular weight is 255 g/mol. The summed E-state index contributed by atoms with van der Waals surface area (Å²) in [5, 5.41) is 3.09. The van der Waals surface area contributed by atoms with Gasteiger partial charge in [-0.1, -0.05) is 30.3 Å². The van der Waals surface area contributed by atoms with Crippen LogP contribution in [0.3, 0.4) is 0 Å². The van der Waals surface area contributed by atoms with Crippen LogP contribution in [0.15, 0.2) is 30.3 Å². The second-order valence-corrected chi connectivity index (χ2v) is 4.48. The zero-order valence-electron chi connectivity index (χ0n) is 10.0. The normalized spacial score (nSPS) is 23.7. The summed E-state index contributed by atoms with van der Waals surface area (Å²) < 4.78 is 30.5. The lowest BCUT2D eigenvalue weighted by Crippen LogP contribution is -2.29. The highest BCUT2D eigenvalue weighted by Gasteiger charge is 2.50. The van der Waals surface area contributed by atoms with Gasteiger partial charge >= 0.3 is 11.9 Å². The molecule has 2 atom stereocenters. The molecule has 0 radical (unpaired) electrons. The maximum absolute atomic E-state index is 12.9. The molecule has 1 heterocycles. The first-order valence-corrected chi connectivity index (χ1v) is 5.86. The largest absolute Gasteiger partial charge is 0.456 e. The van der Waals surface area contributed by atoms with Crippen LogP contribution in [0.2, 0.25) is 0 Å². The maximum atomic E-state index is 12.9. The molecule has 0 spiro atoms. The first-order valence-electron chi connectivity index (χ1n) is 5.86. The maximum Gasteiger partial charge on any atom is 0.377 e. The lowest BCUT2D eigenvalue weighted by Gasteiger charge is -2.16. The molecular formula is C13H15F2NO2. The number of rotatable bonds is 4. The number of carbonyl (C=O) groups excluding carboxylic acids is 1. The van der Waals surface area contributed by atoms with E-state index in [1.54, 1.807) is 0 Å². The van der Waals surface area contributed by atoms with Crippen molar-refractivity contribution in [1.29, 1.82) is 0 Å². The predicted molar refractivity (Wildman–Crippen MR) is 62.3 cm³/mol. The number of alkyl halides is 2. The van der Waals surface area contributed by atoms with Crippen LogP contribution in [-0.4, -0.2) is 24.5 Å². The third-order valence-electron chi connectivity index (χ3n) is 3.01. The Bertz CT molecular complexity index is 422. The number of hydrogen-bond acceptors (Lipinski definition) is 3. The van der Waals surface area contributed by atoms with E-state index in [4.69, 9.17) is 0 Å². The van der Waals surface area contributed by atoms with Crippen molar-refractivity contribution in [3.63, 3.8) is 0 Å². The molecule has 0 aliphatic carbocycles. The van der Waals surface area contributed by atoms with Gasteiger partial charge in [0, 0.05) is 12.6 Å². The lowest BCUT2D eigenvalue weighted by molar-refractivity contribution is -0.159. The molecule has 1 unspecified atom stereocenters. The number of carbonyl (C=O) groups is 1. The van der Waals surface area contributed by atoms with Crippen molar-refractivity contribution in [3.8, 4) is 0 Å². The Morgan fingerprint density at radius 3 is 2.67 bits per heavy atom. The molecule has 0 aromatic heterocycles. The number of benzene rings is 1.